The molecule has 3 amide bonds. The van der Waals surface area contributed by atoms with Crippen LogP contribution in [0.15, 0.2) is 60.4 Å². The number of nitrogens with zero attached hydrogens (tertiary/aromatic N) is 2. The maximum Gasteiger partial charge on any atom is 0.329 e. The molecule has 0 bridgehead atoms. The maximum atomic E-state index is 13.1. The molecule has 2 heterocycles. The van der Waals surface area contributed by atoms with Crippen molar-refractivity contribution in [3.05, 3.63) is 77.4 Å². The van der Waals surface area contributed by atoms with E-state index < -0.39 is 11.9 Å². The molecule has 0 radical (unpaired) electrons. The van der Waals surface area contributed by atoms with E-state index in [4.69, 9.17) is 0 Å². The number of urea groups is 1. The van der Waals surface area contributed by atoms with Gasteiger partial charge in [0.15, 0.2) is 0 Å². The monoisotopic (exact) mass is 377 g/mol. The molecule has 1 fully saturated rings. The molecule has 0 aliphatic carbocycles. The van der Waals surface area contributed by atoms with Crippen LogP contribution in [0.5, 0.6) is 0 Å². The van der Waals surface area contributed by atoms with Crippen LogP contribution in [0.1, 0.15) is 31.0 Å². The van der Waals surface area contributed by atoms with Crippen LogP contribution in [0, 0.1) is 5.82 Å². The predicted molar refractivity (Wildman–Crippen MR) is 106 cm³/mol. The Bertz CT molecular complexity index is 1100. The van der Waals surface area contributed by atoms with Crippen molar-refractivity contribution < 1.29 is 14.0 Å². The summed E-state index contributed by atoms with van der Waals surface area (Å²) < 4.78 is 15.2. The number of hydrogen-bond donors (Lipinski definition) is 1. The highest BCUT2D eigenvalue weighted by Crippen LogP contribution is 2.27. The average molecular weight is 377 g/mol. The smallest absolute Gasteiger partial charge is 0.329 e. The number of halogens is 1. The van der Waals surface area contributed by atoms with E-state index in [-0.39, 0.29) is 24.1 Å². The molecule has 0 atom stereocenters. The van der Waals surface area contributed by atoms with E-state index in [2.05, 4.69) is 23.7 Å². The van der Waals surface area contributed by atoms with Gasteiger partial charge in [-0.1, -0.05) is 30.3 Å². The minimum Gasteiger partial charge on any atom is -0.344 e. The van der Waals surface area contributed by atoms with Gasteiger partial charge in [-0.25, -0.2) is 9.18 Å². The average Bonchev–Trinajstić information content (AvgIpc) is 3.17. The van der Waals surface area contributed by atoms with Gasteiger partial charge in [0.2, 0.25) is 0 Å². The van der Waals surface area contributed by atoms with Gasteiger partial charge in [-0.2, -0.15) is 0 Å². The van der Waals surface area contributed by atoms with Gasteiger partial charge < -0.3 is 9.88 Å². The number of hydrogen-bond acceptors (Lipinski definition) is 2. The standard InChI is InChI=1S/C22H20FN3O2/c1-14(2)25-13-16(18-5-3-4-6-20(18)25)11-19-21(27)26(22(28)24-19)12-15-7-9-17(23)10-8-15/h3-11,13-14H,12H2,1-2H3,(H,24,28). The minimum absolute atomic E-state index is 0.0933. The highest BCUT2D eigenvalue weighted by molar-refractivity contribution is 6.14. The zero-order valence-corrected chi connectivity index (χ0v) is 15.6. The third-order valence-corrected chi connectivity index (χ3v) is 4.84. The van der Waals surface area contributed by atoms with Crippen LogP contribution < -0.4 is 5.32 Å². The largest absolute Gasteiger partial charge is 0.344 e. The summed E-state index contributed by atoms with van der Waals surface area (Å²) in [4.78, 5) is 26.2. The zero-order chi connectivity index (χ0) is 19.8. The van der Waals surface area contributed by atoms with Crippen LogP contribution in [-0.2, 0) is 11.3 Å². The molecule has 1 aromatic heterocycles. The SMILES string of the molecule is CC(C)n1cc(C=C2NC(=O)N(Cc3ccc(F)cc3)C2=O)c2ccccc21. The lowest BCUT2D eigenvalue weighted by molar-refractivity contribution is -0.123. The lowest BCUT2D eigenvalue weighted by Gasteiger charge is -2.11. The van der Waals surface area contributed by atoms with Crippen molar-refractivity contribution in [3.63, 3.8) is 0 Å². The first-order valence-corrected chi connectivity index (χ1v) is 9.12. The van der Waals surface area contributed by atoms with Gasteiger partial charge in [-0.05, 0) is 43.7 Å². The molecule has 0 unspecified atom stereocenters. The number of amides is 3. The quantitative estimate of drug-likeness (QED) is 0.539. The summed E-state index contributed by atoms with van der Waals surface area (Å²) in [5.41, 5.74) is 2.86. The number of para-hydroxylation sites is 1. The third kappa shape index (κ3) is 3.17. The van der Waals surface area contributed by atoms with Crippen molar-refractivity contribution in [2.45, 2.75) is 26.4 Å². The highest BCUT2D eigenvalue weighted by atomic mass is 19.1. The highest BCUT2D eigenvalue weighted by Gasteiger charge is 2.33. The van der Waals surface area contributed by atoms with Crippen molar-refractivity contribution in [3.8, 4) is 0 Å². The number of fused-ring (bicyclic) bond motifs is 1. The number of carbonyl (C=O) groups is 2. The Morgan fingerprint density at radius 3 is 2.50 bits per heavy atom. The fourth-order valence-electron chi connectivity index (χ4n) is 3.42. The Morgan fingerprint density at radius 1 is 1.07 bits per heavy atom. The molecule has 6 heteroatoms. The van der Waals surface area contributed by atoms with Gasteiger partial charge in [0.05, 0.1) is 6.54 Å². The number of carbonyl (C=O) groups excluding carboxylic acids is 2. The molecular weight excluding hydrogens is 357 g/mol. The summed E-state index contributed by atoms with van der Waals surface area (Å²) in [5.74, 6) is -0.751. The molecule has 3 aromatic rings. The van der Waals surface area contributed by atoms with Crippen LogP contribution in [0.4, 0.5) is 9.18 Å². The van der Waals surface area contributed by atoms with Gasteiger partial charge in [-0.15, -0.1) is 0 Å². The fraction of sp³-hybridized carbons (Fsp3) is 0.182. The van der Waals surface area contributed by atoms with E-state index >= 15 is 0 Å². The molecule has 28 heavy (non-hydrogen) atoms. The summed E-state index contributed by atoms with van der Waals surface area (Å²) in [7, 11) is 0. The van der Waals surface area contributed by atoms with Crippen molar-refractivity contribution >= 4 is 28.9 Å². The molecule has 0 saturated carbocycles. The third-order valence-electron chi connectivity index (χ3n) is 4.84. The lowest BCUT2D eigenvalue weighted by atomic mass is 10.1. The van der Waals surface area contributed by atoms with Gasteiger partial charge in [-0.3, -0.25) is 9.69 Å². The van der Waals surface area contributed by atoms with Crippen molar-refractivity contribution in [2.24, 2.45) is 0 Å². The summed E-state index contributed by atoms with van der Waals surface area (Å²) in [6.45, 7) is 4.28. The van der Waals surface area contributed by atoms with Crippen LogP contribution >= 0.6 is 0 Å². The Morgan fingerprint density at radius 2 is 1.79 bits per heavy atom. The number of imide groups is 1. The lowest BCUT2D eigenvalue weighted by Crippen LogP contribution is -2.30. The summed E-state index contributed by atoms with van der Waals surface area (Å²) in [5, 5.41) is 3.67. The van der Waals surface area contributed by atoms with E-state index in [1.165, 1.54) is 12.1 Å². The van der Waals surface area contributed by atoms with Crippen LogP contribution in [0.3, 0.4) is 0 Å². The molecule has 142 valence electrons. The zero-order valence-electron chi connectivity index (χ0n) is 15.6. The Hall–Kier alpha value is -3.41. The number of benzene rings is 2. The van der Waals surface area contributed by atoms with E-state index in [0.717, 1.165) is 21.4 Å². The van der Waals surface area contributed by atoms with Gasteiger partial charge >= 0.3 is 6.03 Å². The van der Waals surface area contributed by atoms with Crippen molar-refractivity contribution in [2.75, 3.05) is 0 Å². The molecule has 4 rings (SSSR count). The molecule has 1 N–H and O–H groups in total. The first-order valence-electron chi connectivity index (χ1n) is 9.12. The second-order valence-electron chi connectivity index (χ2n) is 7.11. The molecule has 1 aliphatic rings. The topological polar surface area (TPSA) is 54.3 Å². The molecular formula is C22H20FN3O2. The second-order valence-corrected chi connectivity index (χ2v) is 7.11. The second kappa shape index (κ2) is 6.96. The van der Waals surface area contributed by atoms with Gasteiger partial charge in [0, 0.05) is 28.7 Å². The van der Waals surface area contributed by atoms with E-state index in [9.17, 15) is 14.0 Å². The molecule has 1 saturated heterocycles. The number of rotatable bonds is 4. The van der Waals surface area contributed by atoms with E-state index in [1.54, 1.807) is 18.2 Å². The fourth-order valence-corrected chi connectivity index (χ4v) is 3.42. The molecule has 1 aliphatic heterocycles. The summed E-state index contributed by atoms with van der Waals surface area (Å²) in [6.07, 6.45) is 3.70. The summed E-state index contributed by atoms with van der Waals surface area (Å²) in [6, 6.07) is 13.5. The first-order chi connectivity index (χ1) is 13.4. The van der Waals surface area contributed by atoms with Gasteiger partial charge in [0.1, 0.15) is 11.5 Å². The summed E-state index contributed by atoms with van der Waals surface area (Å²) >= 11 is 0. The predicted octanol–water partition coefficient (Wildman–Crippen LogP) is 4.45. The number of nitrogens with one attached hydrogen (secondary N) is 1. The van der Waals surface area contributed by atoms with Crippen LogP contribution in [0.2, 0.25) is 0 Å². The van der Waals surface area contributed by atoms with Crippen molar-refractivity contribution in [1.29, 1.82) is 0 Å². The van der Waals surface area contributed by atoms with E-state index in [1.807, 2.05) is 30.5 Å². The number of aromatic nitrogens is 1. The normalized spacial score (nSPS) is 15.9. The van der Waals surface area contributed by atoms with E-state index in [0.29, 0.717) is 5.56 Å². The Labute approximate surface area is 162 Å². The van der Waals surface area contributed by atoms with Crippen molar-refractivity contribution in [1.82, 2.24) is 14.8 Å². The minimum atomic E-state index is -0.479. The van der Waals surface area contributed by atoms with Gasteiger partial charge in [0.25, 0.3) is 5.91 Å². The van der Waals surface area contributed by atoms with Crippen LogP contribution in [0.25, 0.3) is 17.0 Å². The maximum absolute atomic E-state index is 13.1. The first kappa shape index (κ1) is 18.0. The molecule has 5 nitrogen and oxygen atoms in total. The Balaban J connectivity index is 1.66. The Kier molecular flexibility index (Phi) is 4.47. The van der Waals surface area contributed by atoms with Crippen LogP contribution in [-0.4, -0.2) is 21.4 Å². The molecule has 2 aromatic carbocycles. The molecule has 0 spiro atoms.